The fourth-order valence-corrected chi connectivity index (χ4v) is 4.05. The number of aryl methyl sites for hydroxylation is 1. The molecule has 0 bridgehead atoms. The van der Waals surface area contributed by atoms with Crippen molar-refractivity contribution in [1.29, 1.82) is 0 Å². The molecule has 0 amide bonds. The van der Waals surface area contributed by atoms with Crippen molar-refractivity contribution in [3.05, 3.63) is 30.5 Å². The summed E-state index contributed by atoms with van der Waals surface area (Å²) in [5, 5.41) is 23.9. The van der Waals surface area contributed by atoms with Crippen LogP contribution in [0.5, 0.6) is 0 Å². The van der Waals surface area contributed by atoms with Gasteiger partial charge >= 0.3 is 0 Å². The molecule has 2 aromatic rings. The molecule has 4 heterocycles. The van der Waals surface area contributed by atoms with Gasteiger partial charge in [-0.15, -0.1) is 0 Å². The molecule has 2 aromatic heterocycles. The summed E-state index contributed by atoms with van der Waals surface area (Å²) in [6, 6.07) is 1.69. The number of hydrogen-bond donors (Lipinski definition) is 4. The highest BCUT2D eigenvalue weighted by molar-refractivity contribution is 5.40. The highest BCUT2D eigenvalue weighted by Crippen LogP contribution is 2.43. The Hall–Kier alpha value is -3.25. The van der Waals surface area contributed by atoms with Crippen LogP contribution in [0.15, 0.2) is 24.7 Å². The standard InChI is InChI=1S/C16H23N7O.2CH2O2/c1-21-5-4-18-14(21)8-22-6-12-7-23(10-16(12,9-22)11-24)15-19-3-2-13(17)20-15;2*2-1-3/h2-5,12,24H,6-11H2,1H3,(H2,17,19,20);2*1H,(H,2,3). The molecule has 5 N–H and O–H groups in total. The number of aromatic nitrogens is 4. The van der Waals surface area contributed by atoms with Gasteiger partial charge in [-0.3, -0.25) is 14.5 Å². The van der Waals surface area contributed by atoms with E-state index in [4.69, 9.17) is 25.5 Å². The summed E-state index contributed by atoms with van der Waals surface area (Å²) in [5.74, 6) is 2.59. The number of imidazole rings is 1. The van der Waals surface area contributed by atoms with Crippen molar-refractivity contribution in [2.24, 2.45) is 18.4 Å². The Morgan fingerprint density at radius 1 is 1.20 bits per heavy atom. The summed E-state index contributed by atoms with van der Waals surface area (Å²) in [4.78, 5) is 34.3. The van der Waals surface area contributed by atoms with E-state index in [-0.39, 0.29) is 25.0 Å². The van der Waals surface area contributed by atoms with Crippen LogP contribution in [0.1, 0.15) is 5.82 Å². The number of nitrogen functional groups attached to an aromatic ring is 1. The second-order valence-corrected chi connectivity index (χ2v) is 7.21. The zero-order valence-electron chi connectivity index (χ0n) is 16.7. The minimum absolute atomic E-state index is 0.126. The minimum atomic E-state index is -0.250. The number of aliphatic hydroxyl groups excluding tert-OH is 1. The van der Waals surface area contributed by atoms with E-state index in [1.807, 2.05) is 24.0 Å². The van der Waals surface area contributed by atoms with E-state index < -0.39 is 0 Å². The Kier molecular flexibility index (Phi) is 8.07. The zero-order valence-corrected chi connectivity index (χ0v) is 16.7. The molecule has 2 aliphatic heterocycles. The van der Waals surface area contributed by atoms with Crippen molar-refractivity contribution < 1.29 is 24.9 Å². The van der Waals surface area contributed by atoms with Crippen LogP contribution in [0.4, 0.5) is 11.8 Å². The lowest BCUT2D eigenvalue weighted by molar-refractivity contribution is -0.123. The highest BCUT2D eigenvalue weighted by atomic mass is 16.3. The molecule has 0 radical (unpaired) electrons. The van der Waals surface area contributed by atoms with E-state index >= 15 is 0 Å². The van der Waals surface area contributed by atoms with Crippen molar-refractivity contribution in [3.63, 3.8) is 0 Å². The van der Waals surface area contributed by atoms with Crippen LogP contribution in [0, 0.1) is 11.3 Å². The number of hydrogen-bond acceptors (Lipinski definition) is 9. The van der Waals surface area contributed by atoms with Gasteiger partial charge in [-0.1, -0.05) is 0 Å². The molecule has 30 heavy (non-hydrogen) atoms. The lowest BCUT2D eigenvalue weighted by Gasteiger charge is -2.27. The third-order valence-corrected chi connectivity index (χ3v) is 5.38. The maximum absolute atomic E-state index is 10.1. The van der Waals surface area contributed by atoms with Crippen LogP contribution in [0.2, 0.25) is 0 Å². The van der Waals surface area contributed by atoms with E-state index in [1.54, 1.807) is 12.3 Å². The van der Waals surface area contributed by atoms with Gasteiger partial charge in [0.1, 0.15) is 11.6 Å². The van der Waals surface area contributed by atoms with Gasteiger partial charge < -0.3 is 30.5 Å². The van der Waals surface area contributed by atoms with Gasteiger partial charge in [-0.05, 0) is 12.0 Å². The number of likely N-dealkylation sites (tertiary alicyclic amines) is 1. The number of carbonyl (C=O) groups is 2. The molecular weight excluding hydrogens is 394 g/mol. The maximum atomic E-state index is 10.1. The summed E-state index contributed by atoms with van der Waals surface area (Å²) in [6.07, 6.45) is 5.48. The predicted molar refractivity (Wildman–Crippen MR) is 108 cm³/mol. The van der Waals surface area contributed by atoms with Gasteiger partial charge in [-0.2, -0.15) is 4.98 Å². The first-order chi connectivity index (χ1) is 14.4. The smallest absolute Gasteiger partial charge is 0.290 e. The number of aliphatic hydroxyl groups is 1. The molecule has 12 heteroatoms. The van der Waals surface area contributed by atoms with Gasteiger partial charge in [0, 0.05) is 57.2 Å². The molecule has 0 spiro atoms. The molecule has 0 aromatic carbocycles. The van der Waals surface area contributed by atoms with Crippen molar-refractivity contribution in [3.8, 4) is 0 Å². The molecular formula is C18H27N7O5. The van der Waals surface area contributed by atoms with E-state index in [9.17, 15) is 5.11 Å². The van der Waals surface area contributed by atoms with Gasteiger partial charge in [-0.25, -0.2) is 9.97 Å². The average Bonchev–Trinajstić information content (AvgIpc) is 3.36. The largest absolute Gasteiger partial charge is 0.483 e. The van der Waals surface area contributed by atoms with Gasteiger partial charge in [0.25, 0.3) is 12.9 Å². The second kappa shape index (κ2) is 10.5. The minimum Gasteiger partial charge on any atom is -0.483 e. The Morgan fingerprint density at radius 2 is 1.90 bits per heavy atom. The molecule has 164 valence electrons. The Morgan fingerprint density at radius 3 is 2.43 bits per heavy atom. The van der Waals surface area contributed by atoms with Crippen LogP contribution < -0.4 is 10.6 Å². The number of rotatable bonds is 4. The molecule has 2 fully saturated rings. The van der Waals surface area contributed by atoms with Crippen LogP contribution in [0.3, 0.4) is 0 Å². The lowest BCUT2D eigenvalue weighted by Crippen LogP contribution is -2.37. The molecule has 0 aliphatic carbocycles. The molecule has 4 rings (SSSR count). The zero-order chi connectivity index (χ0) is 22.1. The lowest BCUT2D eigenvalue weighted by atomic mass is 9.82. The highest BCUT2D eigenvalue weighted by Gasteiger charge is 2.52. The molecule has 2 aliphatic rings. The first kappa shape index (κ1) is 23.0. The SMILES string of the molecule is Cn1ccnc1CN1CC2CN(c3nccc(N)n3)CC2(CO)C1.O=CO.O=CO. The summed E-state index contributed by atoms with van der Waals surface area (Å²) in [6.45, 7) is 3.91. The summed E-state index contributed by atoms with van der Waals surface area (Å²) < 4.78 is 2.05. The third kappa shape index (κ3) is 5.21. The van der Waals surface area contributed by atoms with Crippen LogP contribution >= 0.6 is 0 Å². The normalized spacial score (nSPS) is 22.3. The quantitative estimate of drug-likeness (QED) is 0.452. The molecule has 2 atom stereocenters. The van der Waals surface area contributed by atoms with E-state index in [0.29, 0.717) is 17.7 Å². The van der Waals surface area contributed by atoms with Crippen molar-refractivity contribution in [2.45, 2.75) is 6.54 Å². The Labute approximate surface area is 173 Å². The van der Waals surface area contributed by atoms with Crippen LogP contribution in [-0.4, -0.2) is 85.5 Å². The Balaban J connectivity index is 0.000000480. The first-order valence-electron chi connectivity index (χ1n) is 9.21. The van der Waals surface area contributed by atoms with Crippen molar-refractivity contribution in [1.82, 2.24) is 24.4 Å². The topological polar surface area (TPSA) is 171 Å². The summed E-state index contributed by atoms with van der Waals surface area (Å²) in [5.41, 5.74) is 5.65. The maximum Gasteiger partial charge on any atom is 0.290 e. The van der Waals surface area contributed by atoms with Crippen LogP contribution in [-0.2, 0) is 23.2 Å². The fraction of sp³-hybridized carbons (Fsp3) is 0.500. The Bertz CT molecular complexity index is 827. The van der Waals surface area contributed by atoms with Gasteiger partial charge in [0.05, 0.1) is 13.2 Å². The van der Waals surface area contributed by atoms with Gasteiger partial charge in [0.15, 0.2) is 0 Å². The van der Waals surface area contributed by atoms with Crippen molar-refractivity contribution in [2.75, 3.05) is 43.4 Å². The number of nitrogens with zero attached hydrogens (tertiary/aromatic N) is 6. The van der Waals surface area contributed by atoms with Gasteiger partial charge in [0.2, 0.25) is 5.95 Å². The summed E-state index contributed by atoms with van der Waals surface area (Å²) in [7, 11) is 2.01. The first-order valence-corrected chi connectivity index (χ1v) is 9.21. The van der Waals surface area contributed by atoms with E-state index in [1.165, 1.54) is 0 Å². The van der Waals surface area contributed by atoms with Crippen molar-refractivity contribution >= 4 is 24.7 Å². The number of fused-ring (bicyclic) bond motifs is 1. The monoisotopic (exact) mass is 421 g/mol. The number of anilines is 2. The van der Waals surface area contributed by atoms with E-state index in [2.05, 4.69) is 24.8 Å². The number of carboxylic acid groups (broad SMARTS) is 2. The molecule has 12 nitrogen and oxygen atoms in total. The second-order valence-electron chi connectivity index (χ2n) is 7.21. The fourth-order valence-electron chi connectivity index (χ4n) is 4.05. The van der Waals surface area contributed by atoms with E-state index in [0.717, 1.165) is 38.5 Å². The summed E-state index contributed by atoms with van der Waals surface area (Å²) >= 11 is 0. The average molecular weight is 421 g/mol. The molecule has 2 saturated heterocycles. The molecule has 0 saturated carbocycles. The predicted octanol–water partition coefficient (Wildman–Crippen LogP) is -0.875. The third-order valence-electron chi connectivity index (χ3n) is 5.38. The number of nitrogens with two attached hydrogens (primary N) is 1. The molecule has 2 unspecified atom stereocenters. The van der Waals surface area contributed by atoms with Crippen LogP contribution in [0.25, 0.3) is 0 Å².